The maximum Gasteiger partial charge on any atom is 0.192 e. The van der Waals surface area contributed by atoms with Crippen molar-refractivity contribution in [3.63, 3.8) is 0 Å². The van der Waals surface area contributed by atoms with E-state index in [4.69, 9.17) is 9.97 Å². The average Bonchev–Trinajstić information content (AvgIpc) is 3.66. The second-order valence-electron chi connectivity index (χ2n) is 6.61. The minimum Gasteiger partial charge on any atom is -0.222 e. The number of thiophene rings is 4. The van der Waals surface area contributed by atoms with Gasteiger partial charge in [0.1, 0.15) is 11.4 Å². The van der Waals surface area contributed by atoms with Gasteiger partial charge < -0.3 is 0 Å². The molecule has 0 radical (unpaired) electrons. The van der Waals surface area contributed by atoms with Gasteiger partial charge in [0.25, 0.3) is 0 Å². The maximum absolute atomic E-state index is 4.70. The summed E-state index contributed by atoms with van der Waals surface area (Å²) in [7, 11) is 0. The van der Waals surface area contributed by atoms with Crippen molar-refractivity contribution >= 4 is 45.3 Å². The van der Waals surface area contributed by atoms with E-state index in [1.165, 1.54) is 19.5 Å². The largest absolute Gasteiger partial charge is 0.222 e. The van der Waals surface area contributed by atoms with Gasteiger partial charge in [-0.25, -0.2) is 9.97 Å². The van der Waals surface area contributed by atoms with Gasteiger partial charge in [0.15, 0.2) is 11.6 Å². The molecule has 0 unspecified atom stereocenters. The van der Waals surface area contributed by atoms with E-state index in [1.54, 1.807) is 57.7 Å². The SMILES string of the molecule is c1csc(-c2ccc(-c3nncc(-c4cnnc(-c5ccc(-c6cccs6)s5)n4)n3)s2)c1. The fourth-order valence-electron chi connectivity index (χ4n) is 3.08. The Morgan fingerprint density at radius 2 is 0.969 bits per heavy atom. The van der Waals surface area contributed by atoms with Crippen molar-refractivity contribution in [2.45, 2.75) is 0 Å². The molecule has 32 heavy (non-hydrogen) atoms. The Balaban J connectivity index is 1.32. The molecule has 0 bridgehead atoms. The van der Waals surface area contributed by atoms with Gasteiger partial charge in [-0.15, -0.1) is 55.5 Å². The summed E-state index contributed by atoms with van der Waals surface area (Å²) in [5.74, 6) is 1.15. The molecule has 10 heteroatoms. The summed E-state index contributed by atoms with van der Waals surface area (Å²) in [4.78, 5) is 16.2. The highest BCUT2D eigenvalue weighted by molar-refractivity contribution is 7.23. The van der Waals surface area contributed by atoms with Crippen molar-refractivity contribution in [2.75, 3.05) is 0 Å². The summed E-state index contributed by atoms with van der Waals surface area (Å²) in [6.45, 7) is 0. The van der Waals surface area contributed by atoms with Gasteiger partial charge in [-0.1, -0.05) is 12.1 Å². The third kappa shape index (κ3) is 3.78. The summed E-state index contributed by atoms with van der Waals surface area (Å²) < 4.78 is 0. The molecule has 0 saturated heterocycles. The van der Waals surface area contributed by atoms with Crippen molar-refractivity contribution in [3.8, 4) is 52.3 Å². The lowest BCUT2D eigenvalue weighted by molar-refractivity contribution is 0.958. The Labute approximate surface area is 199 Å². The van der Waals surface area contributed by atoms with Crippen molar-refractivity contribution in [1.29, 1.82) is 0 Å². The molecule has 0 fully saturated rings. The summed E-state index contributed by atoms with van der Waals surface area (Å²) in [5, 5.41) is 20.9. The molecule has 6 rings (SSSR count). The lowest BCUT2D eigenvalue weighted by Gasteiger charge is -2.02. The van der Waals surface area contributed by atoms with Crippen LogP contribution < -0.4 is 0 Å². The van der Waals surface area contributed by atoms with Crippen molar-refractivity contribution in [2.24, 2.45) is 0 Å². The highest BCUT2D eigenvalue weighted by Crippen LogP contribution is 2.36. The molecule has 0 atom stereocenters. The Morgan fingerprint density at radius 3 is 1.41 bits per heavy atom. The molecular formula is C22H12N6S4. The Morgan fingerprint density at radius 1 is 0.500 bits per heavy atom. The van der Waals surface area contributed by atoms with Gasteiger partial charge in [0.2, 0.25) is 0 Å². The molecule has 0 aromatic carbocycles. The standard InChI is InChI=1S/C22H12N6S4/c1-3-15(29-9-1)17-5-7-19(31-17)21-25-13(11-23-27-21)14-12-24-28-22(26-14)20-8-6-18(32-20)16-4-2-10-30-16/h1-12H. The lowest BCUT2D eigenvalue weighted by atomic mass is 10.3. The highest BCUT2D eigenvalue weighted by Gasteiger charge is 2.14. The third-order valence-corrected chi connectivity index (χ3v) is 8.85. The summed E-state index contributed by atoms with van der Waals surface area (Å²) in [6, 6.07) is 16.6. The molecule has 6 aromatic heterocycles. The smallest absolute Gasteiger partial charge is 0.192 e. The second kappa shape index (κ2) is 8.40. The molecule has 0 spiro atoms. The first-order chi connectivity index (χ1) is 15.8. The fraction of sp³-hybridized carbons (Fsp3) is 0. The van der Waals surface area contributed by atoms with Gasteiger partial charge in [-0.05, 0) is 47.2 Å². The first kappa shape index (κ1) is 19.5. The van der Waals surface area contributed by atoms with Crippen LogP contribution in [0.25, 0.3) is 52.3 Å². The minimum atomic E-state index is 0.576. The summed E-state index contributed by atoms with van der Waals surface area (Å²) >= 11 is 6.73. The van der Waals surface area contributed by atoms with Gasteiger partial charge in [0.05, 0.1) is 22.1 Å². The fourth-order valence-corrected chi connectivity index (χ4v) is 6.62. The number of aromatic nitrogens is 6. The van der Waals surface area contributed by atoms with Crippen molar-refractivity contribution < 1.29 is 0 Å². The first-order valence-corrected chi connectivity index (χ1v) is 12.9. The molecule has 6 heterocycles. The van der Waals surface area contributed by atoms with Crippen molar-refractivity contribution in [3.05, 3.63) is 71.7 Å². The van der Waals surface area contributed by atoms with Gasteiger partial charge in [0, 0.05) is 19.5 Å². The number of hydrogen-bond donors (Lipinski definition) is 0. The molecule has 0 aliphatic carbocycles. The molecule has 0 N–H and O–H groups in total. The molecule has 6 aromatic rings. The van der Waals surface area contributed by atoms with E-state index in [-0.39, 0.29) is 0 Å². The van der Waals surface area contributed by atoms with E-state index >= 15 is 0 Å². The second-order valence-corrected chi connectivity index (χ2v) is 10.7. The van der Waals surface area contributed by atoms with Crippen molar-refractivity contribution in [1.82, 2.24) is 30.4 Å². The van der Waals surface area contributed by atoms with E-state index in [0.29, 0.717) is 23.0 Å². The van der Waals surface area contributed by atoms with Crippen LogP contribution in [-0.4, -0.2) is 30.4 Å². The topological polar surface area (TPSA) is 77.3 Å². The summed E-state index contributed by atoms with van der Waals surface area (Å²) in [5.41, 5.74) is 1.24. The van der Waals surface area contributed by atoms with Crippen LogP contribution in [0.1, 0.15) is 0 Å². The minimum absolute atomic E-state index is 0.576. The average molecular weight is 489 g/mol. The highest BCUT2D eigenvalue weighted by atomic mass is 32.1. The zero-order chi connectivity index (χ0) is 21.3. The van der Waals surface area contributed by atoms with Crippen LogP contribution in [0.5, 0.6) is 0 Å². The van der Waals surface area contributed by atoms with E-state index in [0.717, 1.165) is 9.75 Å². The Hall–Kier alpha value is -3.18. The first-order valence-electron chi connectivity index (χ1n) is 9.51. The van der Waals surface area contributed by atoms with Gasteiger partial charge in [-0.3, -0.25) is 0 Å². The van der Waals surface area contributed by atoms with Crippen LogP contribution >= 0.6 is 45.3 Å². The normalized spacial score (nSPS) is 11.1. The van der Waals surface area contributed by atoms with Gasteiger partial charge in [-0.2, -0.15) is 10.2 Å². The quantitative estimate of drug-likeness (QED) is 0.271. The predicted octanol–water partition coefficient (Wildman–Crippen LogP) is 6.64. The summed E-state index contributed by atoms with van der Waals surface area (Å²) in [6.07, 6.45) is 3.22. The number of hydrogen-bond acceptors (Lipinski definition) is 10. The van der Waals surface area contributed by atoms with E-state index in [9.17, 15) is 0 Å². The van der Waals surface area contributed by atoms with E-state index < -0.39 is 0 Å². The van der Waals surface area contributed by atoms with Crippen LogP contribution in [0.15, 0.2) is 71.7 Å². The van der Waals surface area contributed by atoms with E-state index in [1.807, 2.05) is 12.1 Å². The Bertz CT molecular complexity index is 1370. The molecule has 0 aliphatic heterocycles. The third-order valence-electron chi connectivity index (χ3n) is 4.56. The lowest BCUT2D eigenvalue weighted by Crippen LogP contribution is -1.98. The Kier molecular flexibility index (Phi) is 5.12. The molecule has 6 nitrogen and oxygen atoms in total. The number of nitrogens with zero attached hydrogens (tertiary/aromatic N) is 6. The predicted molar refractivity (Wildman–Crippen MR) is 132 cm³/mol. The van der Waals surface area contributed by atoms with Crippen LogP contribution in [0, 0.1) is 0 Å². The maximum atomic E-state index is 4.70. The van der Waals surface area contributed by atoms with Gasteiger partial charge >= 0.3 is 0 Å². The molecule has 0 saturated carbocycles. The number of rotatable bonds is 5. The van der Waals surface area contributed by atoms with Crippen LogP contribution in [0.4, 0.5) is 0 Å². The zero-order valence-corrected chi connectivity index (χ0v) is 19.5. The zero-order valence-electron chi connectivity index (χ0n) is 16.2. The molecular weight excluding hydrogens is 477 g/mol. The van der Waals surface area contributed by atoms with Crippen LogP contribution in [0.3, 0.4) is 0 Å². The monoisotopic (exact) mass is 488 g/mol. The van der Waals surface area contributed by atoms with Crippen LogP contribution in [0.2, 0.25) is 0 Å². The molecule has 0 amide bonds. The molecule has 0 aliphatic rings. The molecule has 154 valence electrons. The van der Waals surface area contributed by atoms with Crippen LogP contribution in [-0.2, 0) is 0 Å². The van der Waals surface area contributed by atoms with E-state index in [2.05, 4.69) is 67.6 Å².